The standard InChI is InChI=1S/C26H24Cl2N2O4S/c1-14-20(23(31)33-3)21(15-8-6-5-7-9-15)22(24(32)34-4)26(2,30-14)25-29-19(13-35-25)17-11-10-16(27)12-18(17)28/h5-13,21-22,30H,1-4H3. The first-order valence-electron chi connectivity index (χ1n) is 10.8. The number of hydrogen-bond donors (Lipinski definition) is 1. The molecule has 4 rings (SSSR count). The van der Waals surface area contributed by atoms with Crippen LogP contribution in [0.5, 0.6) is 0 Å². The minimum atomic E-state index is -0.989. The molecule has 0 bridgehead atoms. The highest BCUT2D eigenvalue weighted by atomic mass is 35.5. The van der Waals surface area contributed by atoms with Crippen molar-refractivity contribution < 1.29 is 19.1 Å². The molecule has 2 aromatic carbocycles. The number of nitrogens with one attached hydrogen (secondary N) is 1. The second kappa shape index (κ2) is 10.0. The molecule has 0 radical (unpaired) electrons. The van der Waals surface area contributed by atoms with Gasteiger partial charge in [-0.15, -0.1) is 11.3 Å². The van der Waals surface area contributed by atoms with Gasteiger partial charge in [0.1, 0.15) is 10.5 Å². The average molecular weight is 531 g/mol. The van der Waals surface area contributed by atoms with Gasteiger partial charge in [0.15, 0.2) is 0 Å². The number of methoxy groups -OCH3 is 2. The summed E-state index contributed by atoms with van der Waals surface area (Å²) in [7, 11) is 2.67. The molecule has 2 heterocycles. The maximum atomic E-state index is 13.4. The summed E-state index contributed by atoms with van der Waals surface area (Å²) >= 11 is 13.9. The fourth-order valence-electron chi connectivity index (χ4n) is 4.70. The van der Waals surface area contributed by atoms with Crippen LogP contribution in [0, 0.1) is 5.92 Å². The SMILES string of the molecule is COC(=O)C1=C(C)NC(C)(c2nc(-c3ccc(Cl)cc3Cl)cs2)C(C(=O)OC)C1c1ccccc1. The van der Waals surface area contributed by atoms with E-state index in [0.717, 1.165) is 11.1 Å². The first-order valence-corrected chi connectivity index (χ1v) is 12.5. The largest absolute Gasteiger partial charge is 0.469 e. The Morgan fingerprint density at radius 1 is 1.09 bits per heavy atom. The number of hydrogen-bond acceptors (Lipinski definition) is 7. The van der Waals surface area contributed by atoms with Gasteiger partial charge in [0, 0.05) is 27.6 Å². The summed E-state index contributed by atoms with van der Waals surface area (Å²) in [5, 5.41) is 6.95. The summed E-state index contributed by atoms with van der Waals surface area (Å²) in [4.78, 5) is 31.2. The highest BCUT2D eigenvalue weighted by Crippen LogP contribution is 2.49. The minimum absolute atomic E-state index is 0.379. The Kier molecular flexibility index (Phi) is 7.22. The fraction of sp³-hybridized carbons (Fsp3) is 0.269. The minimum Gasteiger partial charge on any atom is -0.469 e. The van der Waals surface area contributed by atoms with Crippen LogP contribution in [0.4, 0.5) is 0 Å². The number of esters is 2. The molecule has 182 valence electrons. The zero-order chi connectivity index (χ0) is 25.3. The van der Waals surface area contributed by atoms with Crippen molar-refractivity contribution in [2.75, 3.05) is 14.2 Å². The Bertz CT molecular complexity index is 1310. The molecule has 9 heteroatoms. The number of carbonyl (C=O) groups excluding carboxylic acids is 2. The predicted octanol–water partition coefficient (Wildman–Crippen LogP) is 5.96. The molecule has 3 aromatic rings. The summed E-state index contributed by atoms with van der Waals surface area (Å²) < 4.78 is 10.4. The topological polar surface area (TPSA) is 77.5 Å². The molecular formula is C26H24Cl2N2O4S. The van der Waals surface area contributed by atoms with Gasteiger partial charge in [-0.2, -0.15) is 0 Å². The molecule has 3 unspecified atom stereocenters. The van der Waals surface area contributed by atoms with Gasteiger partial charge in [-0.05, 0) is 37.6 Å². The number of nitrogens with zero attached hydrogens (tertiary/aromatic N) is 1. The number of halogens is 2. The lowest BCUT2D eigenvalue weighted by molar-refractivity contribution is -0.150. The molecule has 35 heavy (non-hydrogen) atoms. The summed E-state index contributed by atoms with van der Waals surface area (Å²) in [6.07, 6.45) is 0. The van der Waals surface area contributed by atoms with Crippen LogP contribution in [0.3, 0.4) is 0 Å². The molecule has 3 atom stereocenters. The van der Waals surface area contributed by atoms with Crippen LogP contribution < -0.4 is 5.32 Å². The first-order chi connectivity index (χ1) is 16.7. The van der Waals surface area contributed by atoms with Crippen molar-refractivity contribution in [1.29, 1.82) is 0 Å². The summed E-state index contributed by atoms with van der Waals surface area (Å²) in [6.45, 7) is 3.70. The van der Waals surface area contributed by atoms with E-state index in [4.69, 9.17) is 37.7 Å². The van der Waals surface area contributed by atoms with E-state index in [1.54, 1.807) is 19.1 Å². The van der Waals surface area contributed by atoms with E-state index in [1.807, 2.05) is 48.7 Å². The normalized spacial score (nSPS) is 21.9. The molecule has 0 saturated heterocycles. The Morgan fingerprint density at radius 2 is 1.80 bits per heavy atom. The van der Waals surface area contributed by atoms with E-state index >= 15 is 0 Å². The molecule has 1 aliphatic heterocycles. The van der Waals surface area contributed by atoms with Crippen molar-refractivity contribution in [2.24, 2.45) is 5.92 Å². The highest BCUT2D eigenvalue weighted by molar-refractivity contribution is 7.10. The number of aromatic nitrogens is 1. The summed E-state index contributed by atoms with van der Waals surface area (Å²) in [6, 6.07) is 14.6. The van der Waals surface area contributed by atoms with E-state index < -0.39 is 29.3 Å². The number of allylic oxidation sites excluding steroid dienone is 1. The predicted molar refractivity (Wildman–Crippen MR) is 137 cm³/mol. The third-order valence-corrected chi connectivity index (χ3v) is 7.92. The fourth-order valence-corrected chi connectivity index (χ4v) is 6.18. The number of thiazole rings is 1. The maximum Gasteiger partial charge on any atom is 0.336 e. The number of carbonyl (C=O) groups is 2. The van der Waals surface area contributed by atoms with Gasteiger partial charge in [0.25, 0.3) is 0 Å². The van der Waals surface area contributed by atoms with Crippen molar-refractivity contribution in [1.82, 2.24) is 10.3 Å². The van der Waals surface area contributed by atoms with Gasteiger partial charge in [-0.3, -0.25) is 4.79 Å². The lowest BCUT2D eigenvalue weighted by Gasteiger charge is -2.45. The Morgan fingerprint density at radius 3 is 2.43 bits per heavy atom. The average Bonchev–Trinajstić information content (AvgIpc) is 3.34. The van der Waals surface area contributed by atoms with Crippen LogP contribution in [0.25, 0.3) is 11.3 Å². The molecule has 1 aromatic heterocycles. The van der Waals surface area contributed by atoms with Crippen LogP contribution in [-0.2, 0) is 24.6 Å². The van der Waals surface area contributed by atoms with Crippen molar-refractivity contribution in [2.45, 2.75) is 25.3 Å². The highest BCUT2D eigenvalue weighted by Gasteiger charge is 2.54. The first kappa shape index (κ1) is 25.2. The lowest BCUT2D eigenvalue weighted by Crippen LogP contribution is -2.55. The number of benzene rings is 2. The maximum absolute atomic E-state index is 13.4. The molecule has 1 N–H and O–H groups in total. The molecule has 0 saturated carbocycles. The third-order valence-electron chi connectivity index (χ3n) is 6.29. The smallest absolute Gasteiger partial charge is 0.336 e. The van der Waals surface area contributed by atoms with E-state index in [2.05, 4.69) is 5.32 Å². The monoisotopic (exact) mass is 530 g/mol. The van der Waals surface area contributed by atoms with Crippen LogP contribution in [0.1, 0.15) is 30.3 Å². The van der Waals surface area contributed by atoms with Crippen molar-refractivity contribution in [3.63, 3.8) is 0 Å². The van der Waals surface area contributed by atoms with Crippen molar-refractivity contribution in [3.05, 3.63) is 85.8 Å². The summed E-state index contributed by atoms with van der Waals surface area (Å²) in [5.74, 6) is -2.40. The second-order valence-corrected chi connectivity index (χ2v) is 10.1. The number of ether oxygens (including phenoxy) is 2. The molecule has 0 fully saturated rings. The Labute approximate surface area is 217 Å². The molecule has 1 aliphatic rings. The second-order valence-electron chi connectivity index (χ2n) is 8.41. The van der Waals surface area contributed by atoms with Crippen molar-refractivity contribution >= 4 is 46.5 Å². The molecular weight excluding hydrogens is 507 g/mol. The van der Waals surface area contributed by atoms with Gasteiger partial charge in [-0.1, -0.05) is 53.5 Å². The lowest BCUT2D eigenvalue weighted by atomic mass is 9.67. The zero-order valence-corrected chi connectivity index (χ0v) is 21.9. The van der Waals surface area contributed by atoms with E-state index in [0.29, 0.717) is 32.0 Å². The molecule has 6 nitrogen and oxygen atoms in total. The van der Waals surface area contributed by atoms with Gasteiger partial charge in [0.2, 0.25) is 0 Å². The van der Waals surface area contributed by atoms with Crippen LogP contribution >= 0.6 is 34.5 Å². The van der Waals surface area contributed by atoms with Crippen LogP contribution in [-0.4, -0.2) is 31.1 Å². The van der Waals surface area contributed by atoms with E-state index in [9.17, 15) is 9.59 Å². The van der Waals surface area contributed by atoms with Crippen LogP contribution in [0.2, 0.25) is 10.0 Å². The van der Waals surface area contributed by atoms with E-state index in [1.165, 1.54) is 25.6 Å². The Hall–Kier alpha value is -2.87. The van der Waals surface area contributed by atoms with Gasteiger partial charge < -0.3 is 14.8 Å². The van der Waals surface area contributed by atoms with E-state index in [-0.39, 0.29) is 0 Å². The quantitative estimate of drug-likeness (QED) is 0.410. The summed E-state index contributed by atoms with van der Waals surface area (Å²) in [5.41, 5.74) is 2.19. The van der Waals surface area contributed by atoms with Crippen LogP contribution in [0.15, 0.2) is 65.2 Å². The third kappa shape index (κ3) is 4.56. The molecule has 0 aliphatic carbocycles. The number of rotatable bonds is 5. The van der Waals surface area contributed by atoms with Gasteiger partial charge in [0.05, 0.1) is 36.4 Å². The molecule has 0 spiro atoms. The van der Waals surface area contributed by atoms with Crippen molar-refractivity contribution in [3.8, 4) is 11.3 Å². The molecule has 0 amide bonds. The Balaban J connectivity index is 1.91. The zero-order valence-electron chi connectivity index (χ0n) is 19.6. The van der Waals surface area contributed by atoms with Gasteiger partial charge in [-0.25, -0.2) is 9.78 Å². The van der Waals surface area contributed by atoms with Gasteiger partial charge >= 0.3 is 11.9 Å².